The van der Waals surface area contributed by atoms with Gasteiger partial charge in [-0.15, -0.1) is 0 Å². The van der Waals surface area contributed by atoms with Crippen LogP contribution in [0.5, 0.6) is 0 Å². The molecule has 2 aromatic rings. The fourth-order valence-corrected chi connectivity index (χ4v) is 1.49. The molecule has 1 aromatic carbocycles. The van der Waals surface area contributed by atoms with Gasteiger partial charge in [0.15, 0.2) is 0 Å². The molecule has 1 N–H and O–H groups in total. The third-order valence-electron chi connectivity index (χ3n) is 2.06. The first-order valence-electron chi connectivity index (χ1n) is 4.38. The second-order valence-electron chi connectivity index (χ2n) is 3.09. The largest absolute Gasteiger partial charge is 0.328 e. The van der Waals surface area contributed by atoms with Gasteiger partial charge in [-0.3, -0.25) is 9.78 Å². The number of nitrogens with zero attached hydrogens (tertiary/aromatic N) is 1. The molecule has 0 radical (unpaired) electrons. The maximum atomic E-state index is 10.4. The van der Waals surface area contributed by atoms with Crippen molar-refractivity contribution in [2.45, 2.75) is 6.92 Å². The summed E-state index contributed by atoms with van der Waals surface area (Å²) in [5.74, 6) is 0. The molecule has 3 heteroatoms. The topological polar surface area (TPSA) is 42.0 Å². The highest BCUT2D eigenvalue weighted by Crippen LogP contribution is 2.21. The molecule has 1 amide bonds. The molecule has 0 aliphatic heterocycles. The summed E-state index contributed by atoms with van der Waals surface area (Å²) in [4.78, 5) is 14.8. The van der Waals surface area contributed by atoms with Gasteiger partial charge in [0.25, 0.3) is 0 Å². The molecule has 0 bridgehead atoms. The number of fused-ring (bicyclic) bond motifs is 1. The van der Waals surface area contributed by atoms with E-state index >= 15 is 0 Å². The molecule has 0 saturated carbocycles. The number of pyridine rings is 1. The average Bonchev–Trinajstić information content (AvgIpc) is 2.18. The second kappa shape index (κ2) is 3.46. The van der Waals surface area contributed by atoms with E-state index in [9.17, 15) is 4.79 Å². The van der Waals surface area contributed by atoms with E-state index in [1.54, 1.807) is 0 Å². The molecule has 0 atom stereocenters. The minimum Gasteiger partial charge on any atom is -0.328 e. The van der Waals surface area contributed by atoms with Crippen molar-refractivity contribution < 1.29 is 4.79 Å². The molecule has 0 fully saturated rings. The number of carbonyl (C=O) groups excluding carboxylic acids is 1. The van der Waals surface area contributed by atoms with Crippen molar-refractivity contribution in [2.24, 2.45) is 0 Å². The highest BCUT2D eigenvalue weighted by Gasteiger charge is 2.01. The molecule has 1 heterocycles. The maximum Gasteiger partial charge on any atom is 0.211 e. The van der Waals surface area contributed by atoms with E-state index in [1.807, 2.05) is 37.3 Å². The first-order chi connectivity index (χ1) is 6.81. The smallest absolute Gasteiger partial charge is 0.211 e. The summed E-state index contributed by atoms with van der Waals surface area (Å²) < 4.78 is 0. The minimum absolute atomic E-state index is 0.682. The molecule has 0 spiro atoms. The lowest BCUT2D eigenvalue weighted by molar-refractivity contribution is -0.105. The van der Waals surface area contributed by atoms with Crippen LogP contribution < -0.4 is 5.32 Å². The van der Waals surface area contributed by atoms with E-state index < -0.39 is 0 Å². The van der Waals surface area contributed by atoms with Crippen LogP contribution in [0.3, 0.4) is 0 Å². The number of nitrogens with one attached hydrogen (secondary N) is 1. The Kier molecular flexibility index (Phi) is 2.14. The van der Waals surface area contributed by atoms with Crippen LogP contribution in [0.15, 0.2) is 30.3 Å². The summed E-state index contributed by atoms with van der Waals surface area (Å²) in [5.41, 5.74) is 2.60. The zero-order valence-electron chi connectivity index (χ0n) is 7.82. The molecule has 0 aliphatic rings. The van der Waals surface area contributed by atoms with Crippen molar-refractivity contribution >= 4 is 23.0 Å². The highest BCUT2D eigenvalue weighted by atomic mass is 16.1. The van der Waals surface area contributed by atoms with Crippen LogP contribution in [-0.2, 0) is 4.79 Å². The first kappa shape index (κ1) is 8.69. The molecule has 2 rings (SSSR count). The summed E-state index contributed by atoms with van der Waals surface area (Å²) in [5, 5.41) is 3.63. The molecular formula is C11H10N2O. The fourth-order valence-electron chi connectivity index (χ4n) is 1.49. The lowest BCUT2D eigenvalue weighted by atomic mass is 10.1. The lowest BCUT2D eigenvalue weighted by Gasteiger charge is -2.05. The van der Waals surface area contributed by atoms with Gasteiger partial charge < -0.3 is 5.32 Å². The highest BCUT2D eigenvalue weighted by molar-refractivity contribution is 5.95. The van der Waals surface area contributed by atoms with Crippen LogP contribution in [0.4, 0.5) is 5.69 Å². The molecule has 1 aromatic heterocycles. The fraction of sp³-hybridized carbons (Fsp3) is 0.0909. The third-order valence-corrected chi connectivity index (χ3v) is 2.06. The minimum atomic E-state index is 0.682. The van der Waals surface area contributed by atoms with Gasteiger partial charge in [0.05, 0.1) is 11.2 Å². The van der Waals surface area contributed by atoms with Gasteiger partial charge in [0, 0.05) is 11.1 Å². The van der Waals surface area contributed by atoms with Crippen molar-refractivity contribution in [1.29, 1.82) is 0 Å². The van der Waals surface area contributed by atoms with E-state index in [2.05, 4.69) is 10.3 Å². The lowest BCUT2D eigenvalue weighted by Crippen LogP contribution is -1.96. The van der Waals surface area contributed by atoms with Gasteiger partial charge in [-0.1, -0.05) is 18.2 Å². The molecular weight excluding hydrogens is 176 g/mol. The molecule has 0 unspecified atom stereocenters. The number of rotatable bonds is 2. The third kappa shape index (κ3) is 1.44. The van der Waals surface area contributed by atoms with Crippen LogP contribution in [0.25, 0.3) is 10.9 Å². The predicted molar refractivity (Wildman–Crippen MR) is 56.2 cm³/mol. The van der Waals surface area contributed by atoms with Crippen molar-refractivity contribution in [1.82, 2.24) is 4.98 Å². The SMILES string of the molecule is Cc1cc(NC=O)c2ccccc2n1. The summed E-state index contributed by atoms with van der Waals surface area (Å²) in [6, 6.07) is 9.58. The van der Waals surface area contributed by atoms with Crippen molar-refractivity contribution in [3.8, 4) is 0 Å². The standard InChI is InChI=1S/C11H10N2O/c1-8-6-11(12-7-14)9-4-2-3-5-10(9)13-8/h2-7H,1H3,(H,12,13,14). The van der Waals surface area contributed by atoms with Crippen LogP contribution >= 0.6 is 0 Å². The summed E-state index contributed by atoms with van der Waals surface area (Å²) >= 11 is 0. The van der Waals surface area contributed by atoms with Gasteiger partial charge in [0.2, 0.25) is 6.41 Å². The Morgan fingerprint density at radius 2 is 2.14 bits per heavy atom. The summed E-state index contributed by atoms with van der Waals surface area (Å²) in [7, 11) is 0. The first-order valence-corrected chi connectivity index (χ1v) is 4.38. The maximum absolute atomic E-state index is 10.4. The van der Waals surface area contributed by atoms with Crippen molar-refractivity contribution in [3.05, 3.63) is 36.0 Å². The zero-order valence-corrected chi connectivity index (χ0v) is 7.82. The van der Waals surface area contributed by atoms with Gasteiger partial charge in [-0.05, 0) is 19.1 Å². The molecule has 3 nitrogen and oxygen atoms in total. The van der Waals surface area contributed by atoms with Gasteiger partial charge in [0.1, 0.15) is 0 Å². The van der Waals surface area contributed by atoms with Crippen LogP contribution in [0, 0.1) is 6.92 Å². The molecule has 0 saturated heterocycles. The number of para-hydroxylation sites is 1. The molecule has 14 heavy (non-hydrogen) atoms. The number of benzene rings is 1. The number of anilines is 1. The number of carbonyl (C=O) groups is 1. The van der Waals surface area contributed by atoms with Crippen LogP contribution in [-0.4, -0.2) is 11.4 Å². The van der Waals surface area contributed by atoms with Crippen LogP contribution in [0.1, 0.15) is 5.69 Å². The Labute approximate surface area is 81.8 Å². The molecule has 70 valence electrons. The number of aromatic nitrogens is 1. The number of hydrogen-bond acceptors (Lipinski definition) is 2. The normalized spacial score (nSPS) is 10.1. The zero-order chi connectivity index (χ0) is 9.97. The van der Waals surface area contributed by atoms with Gasteiger partial charge >= 0.3 is 0 Å². The Morgan fingerprint density at radius 3 is 2.93 bits per heavy atom. The number of hydrogen-bond donors (Lipinski definition) is 1. The van der Waals surface area contributed by atoms with Gasteiger partial charge in [-0.2, -0.15) is 0 Å². The van der Waals surface area contributed by atoms with E-state index in [4.69, 9.17) is 0 Å². The second-order valence-corrected chi connectivity index (χ2v) is 3.09. The number of aryl methyl sites for hydroxylation is 1. The van der Waals surface area contributed by atoms with E-state index in [0.29, 0.717) is 6.41 Å². The Hall–Kier alpha value is -1.90. The Balaban J connectivity index is 2.73. The average molecular weight is 186 g/mol. The van der Waals surface area contributed by atoms with Crippen LogP contribution in [0.2, 0.25) is 0 Å². The predicted octanol–water partition coefficient (Wildman–Crippen LogP) is 2.11. The summed E-state index contributed by atoms with van der Waals surface area (Å²) in [6.07, 6.45) is 0.682. The van der Waals surface area contributed by atoms with Crippen molar-refractivity contribution in [3.63, 3.8) is 0 Å². The van der Waals surface area contributed by atoms with E-state index in [0.717, 1.165) is 22.3 Å². The monoisotopic (exact) mass is 186 g/mol. The van der Waals surface area contributed by atoms with Gasteiger partial charge in [-0.25, -0.2) is 0 Å². The Morgan fingerprint density at radius 1 is 1.36 bits per heavy atom. The van der Waals surface area contributed by atoms with E-state index in [1.165, 1.54) is 0 Å². The van der Waals surface area contributed by atoms with E-state index in [-0.39, 0.29) is 0 Å². The Bertz CT molecular complexity index is 480. The summed E-state index contributed by atoms with van der Waals surface area (Å²) in [6.45, 7) is 1.91. The quantitative estimate of drug-likeness (QED) is 0.730. The number of amides is 1. The molecule has 0 aliphatic carbocycles. The van der Waals surface area contributed by atoms with Crippen molar-refractivity contribution in [2.75, 3.05) is 5.32 Å².